The van der Waals surface area contributed by atoms with Gasteiger partial charge in [0.2, 0.25) is 0 Å². The number of anilines is 1. The van der Waals surface area contributed by atoms with Gasteiger partial charge >= 0.3 is 0 Å². The zero-order valence-electron chi connectivity index (χ0n) is 10.3. The Balaban J connectivity index is 2.10. The van der Waals surface area contributed by atoms with E-state index in [1.807, 2.05) is 12.4 Å². The number of hydrogen-bond donors (Lipinski definition) is 1. The lowest BCUT2D eigenvalue weighted by Gasteiger charge is -2.36. The molecule has 2 N–H and O–H groups in total. The van der Waals surface area contributed by atoms with Crippen molar-refractivity contribution in [1.82, 2.24) is 4.98 Å². The molecule has 0 bridgehead atoms. The van der Waals surface area contributed by atoms with Crippen LogP contribution in [0.3, 0.4) is 0 Å². The molecule has 0 atom stereocenters. The summed E-state index contributed by atoms with van der Waals surface area (Å²) in [5, 5.41) is 0. The minimum atomic E-state index is 0.408. The molecule has 94 valence electrons. The number of aromatic nitrogens is 1. The largest absolute Gasteiger partial charge is 0.368 e. The lowest BCUT2D eigenvalue weighted by Crippen LogP contribution is -2.41. The summed E-state index contributed by atoms with van der Waals surface area (Å²) in [6.45, 7) is 3.23. The van der Waals surface area contributed by atoms with Crippen molar-refractivity contribution in [2.24, 2.45) is 5.73 Å². The average Bonchev–Trinajstić information content (AvgIpc) is 2.33. The van der Waals surface area contributed by atoms with Crippen LogP contribution in [0.5, 0.6) is 0 Å². The summed E-state index contributed by atoms with van der Waals surface area (Å²) in [4.78, 5) is 6.70. The van der Waals surface area contributed by atoms with Gasteiger partial charge in [-0.3, -0.25) is 4.98 Å². The quantitative estimate of drug-likeness (QED) is 0.933. The third-order valence-corrected chi connectivity index (χ3v) is 3.98. The van der Waals surface area contributed by atoms with Gasteiger partial charge in [0.1, 0.15) is 0 Å². The first-order valence-corrected chi connectivity index (χ1v) is 7.12. The Morgan fingerprint density at radius 3 is 2.65 bits per heavy atom. The molecule has 0 spiro atoms. The molecule has 1 fully saturated rings. The highest BCUT2D eigenvalue weighted by Gasteiger charge is 2.23. The van der Waals surface area contributed by atoms with Crippen LogP contribution >= 0.6 is 15.9 Å². The third kappa shape index (κ3) is 3.19. The van der Waals surface area contributed by atoms with Crippen molar-refractivity contribution in [1.29, 1.82) is 0 Å². The van der Waals surface area contributed by atoms with Crippen molar-refractivity contribution in [3.63, 3.8) is 0 Å². The van der Waals surface area contributed by atoms with E-state index in [0.29, 0.717) is 12.1 Å². The van der Waals surface area contributed by atoms with Crippen molar-refractivity contribution in [3.8, 4) is 0 Å². The van der Waals surface area contributed by atoms with Gasteiger partial charge in [0.25, 0.3) is 0 Å². The van der Waals surface area contributed by atoms with Crippen molar-refractivity contribution in [3.05, 3.63) is 22.9 Å². The Kier molecular flexibility index (Phi) is 4.40. The SMILES string of the molecule is CCN(c1cncc(Br)c1)C1CCC(N)CC1. The van der Waals surface area contributed by atoms with Crippen LogP contribution in [0, 0.1) is 0 Å². The van der Waals surface area contributed by atoms with Crippen LogP contribution in [-0.2, 0) is 0 Å². The van der Waals surface area contributed by atoms with Crippen LogP contribution in [0.1, 0.15) is 32.6 Å². The van der Waals surface area contributed by atoms with Gasteiger partial charge < -0.3 is 10.6 Å². The topological polar surface area (TPSA) is 42.2 Å². The molecule has 0 radical (unpaired) electrons. The normalized spacial score (nSPS) is 24.6. The highest BCUT2D eigenvalue weighted by Crippen LogP contribution is 2.27. The van der Waals surface area contributed by atoms with Crippen LogP contribution < -0.4 is 10.6 Å². The highest BCUT2D eigenvalue weighted by atomic mass is 79.9. The van der Waals surface area contributed by atoms with Crippen LogP contribution in [0.15, 0.2) is 22.9 Å². The summed E-state index contributed by atoms with van der Waals surface area (Å²) >= 11 is 3.48. The standard InChI is InChI=1S/C13H20BrN3/c1-2-17(12-5-3-11(15)4-6-12)13-7-10(14)8-16-9-13/h7-9,11-12H,2-6,15H2,1H3. The van der Waals surface area contributed by atoms with Gasteiger partial charge in [-0.15, -0.1) is 0 Å². The van der Waals surface area contributed by atoms with E-state index < -0.39 is 0 Å². The molecule has 1 heterocycles. The summed E-state index contributed by atoms with van der Waals surface area (Å²) in [6, 6.07) is 3.17. The van der Waals surface area contributed by atoms with Gasteiger partial charge in [0.05, 0.1) is 11.9 Å². The predicted molar refractivity (Wildman–Crippen MR) is 75.2 cm³/mol. The molecule has 1 aromatic rings. The van der Waals surface area contributed by atoms with Crippen molar-refractivity contribution >= 4 is 21.6 Å². The fourth-order valence-electron chi connectivity index (χ4n) is 2.62. The lowest BCUT2D eigenvalue weighted by atomic mass is 9.90. The number of halogens is 1. The smallest absolute Gasteiger partial charge is 0.0566 e. The first-order valence-electron chi connectivity index (χ1n) is 6.33. The molecular weight excluding hydrogens is 278 g/mol. The van der Waals surface area contributed by atoms with Gasteiger partial charge in [-0.1, -0.05) is 0 Å². The molecule has 1 saturated carbocycles. The second-order valence-corrected chi connectivity index (χ2v) is 5.63. The molecule has 4 heteroatoms. The fraction of sp³-hybridized carbons (Fsp3) is 0.615. The van der Waals surface area contributed by atoms with E-state index in [2.05, 4.69) is 38.8 Å². The second-order valence-electron chi connectivity index (χ2n) is 4.72. The number of hydrogen-bond acceptors (Lipinski definition) is 3. The molecule has 1 aliphatic carbocycles. The van der Waals surface area contributed by atoms with E-state index >= 15 is 0 Å². The van der Waals surface area contributed by atoms with E-state index in [9.17, 15) is 0 Å². The minimum Gasteiger partial charge on any atom is -0.368 e. The van der Waals surface area contributed by atoms with Gasteiger partial charge in [0.15, 0.2) is 0 Å². The molecule has 0 saturated heterocycles. The predicted octanol–water partition coefficient (Wildman–Crippen LogP) is 2.94. The van der Waals surface area contributed by atoms with Crippen LogP contribution in [0.25, 0.3) is 0 Å². The zero-order chi connectivity index (χ0) is 12.3. The number of pyridine rings is 1. The van der Waals surface area contributed by atoms with Crippen LogP contribution in [-0.4, -0.2) is 23.6 Å². The molecule has 0 aliphatic heterocycles. The Hall–Kier alpha value is -0.610. The molecule has 1 aromatic heterocycles. The van der Waals surface area contributed by atoms with E-state index in [4.69, 9.17) is 5.73 Å². The molecule has 0 aromatic carbocycles. The summed E-state index contributed by atoms with van der Waals surface area (Å²) in [7, 11) is 0. The minimum absolute atomic E-state index is 0.408. The summed E-state index contributed by atoms with van der Waals surface area (Å²) in [6.07, 6.45) is 8.45. The Bertz CT molecular complexity index is 361. The van der Waals surface area contributed by atoms with E-state index in [0.717, 1.165) is 23.9 Å². The van der Waals surface area contributed by atoms with Crippen molar-refractivity contribution in [2.45, 2.75) is 44.7 Å². The average molecular weight is 298 g/mol. The first kappa shape index (κ1) is 12.8. The number of rotatable bonds is 3. The van der Waals surface area contributed by atoms with Gasteiger partial charge in [-0.2, -0.15) is 0 Å². The van der Waals surface area contributed by atoms with Gasteiger partial charge in [-0.05, 0) is 54.6 Å². The highest BCUT2D eigenvalue weighted by molar-refractivity contribution is 9.10. The Morgan fingerprint density at radius 2 is 2.06 bits per heavy atom. The zero-order valence-corrected chi connectivity index (χ0v) is 11.9. The van der Waals surface area contributed by atoms with Gasteiger partial charge in [0, 0.05) is 29.3 Å². The maximum atomic E-state index is 5.96. The number of nitrogens with zero attached hydrogens (tertiary/aromatic N) is 2. The molecule has 1 aliphatic rings. The molecule has 3 nitrogen and oxygen atoms in total. The van der Waals surface area contributed by atoms with Crippen LogP contribution in [0.2, 0.25) is 0 Å². The Morgan fingerprint density at radius 1 is 1.35 bits per heavy atom. The summed E-state index contributed by atoms with van der Waals surface area (Å²) in [5.41, 5.74) is 7.17. The molecular formula is C13H20BrN3. The van der Waals surface area contributed by atoms with E-state index in [1.165, 1.54) is 18.5 Å². The van der Waals surface area contributed by atoms with E-state index in [-0.39, 0.29) is 0 Å². The first-order chi connectivity index (χ1) is 8.20. The van der Waals surface area contributed by atoms with Gasteiger partial charge in [-0.25, -0.2) is 0 Å². The monoisotopic (exact) mass is 297 g/mol. The molecule has 0 unspecified atom stereocenters. The molecule has 17 heavy (non-hydrogen) atoms. The fourth-order valence-corrected chi connectivity index (χ4v) is 2.98. The maximum Gasteiger partial charge on any atom is 0.0566 e. The summed E-state index contributed by atoms with van der Waals surface area (Å²) < 4.78 is 1.04. The maximum absolute atomic E-state index is 5.96. The van der Waals surface area contributed by atoms with Crippen molar-refractivity contribution < 1.29 is 0 Å². The van der Waals surface area contributed by atoms with Crippen LogP contribution in [0.4, 0.5) is 5.69 Å². The molecule has 2 rings (SSSR count). The lowest BCUT2D eigenvalue weighted by molar-refractivity contribution is 0.378. The number of nitrogens with two attached hydrogens (primary N) is 1. The molecule has 0 amide bonds. The van der Waals surface area contributed by atoms with E-state index in [1.54, 1.807) is 0 Å². The second kappa shape index (κ2) is 5.83. The third-order valence-electron chi connectivity index (χ3n) is 3.54. The van der Waals surface area contributed by atoms with Crippen molar-refractivity contribution in [2.75, 3.05) is 11.4 Å². The Labute approximate surface area is 112 Å². The summed E-state index contributed by atoms with van der Waals surface area (Å²) in [5.74, 6) is 0.